The van der Waals surface area contributed by atoms with Gasteiger partial charge in [-0.2, -0.15) is 0 Å². The predicted octanol–water partition coefficient (Wildman–Crippen LogP) is 4.31. The van der Waals surface area contributed by atoms with Gasteiger partial charge in [0.05, 0.1) is 12.9 Å². The molecular weight excluding hydrogens is 432 g/mol. The van der Waals surface area contributed by atoms with E-state index >= 15 is 0 Å². The standard InChI is InChI=1S/C27H30N2O3S/c1-28-27(31)25(17-21-9-5-3-6-10-21)29(18-22-11-7-4-8-12-22)26(30)20-33-19-23-13-15-24(32-2)16-14-23/h3-16,25H,17-20H2,1-2H3,(H,28,31)/t25-/m0/s1. The molecule has 0 spiro atoms. The van der Waals surface area contributed by atoms with Crippen LogP contribution in [0.15, 0.2) is 84.9 Å². The van der Waals surface area contributed by atoms with Crippen molar-refractivity contribution in [1.82, 2.24) is 10.2 Å². The Labute approximate surface area is 200 Å². The fourth-order valence-electron chi connectivity index (χ4n) is 3.56. The monoisotopic (exact) mass is 462 g/mol. The SMILES string of the molecule is CNC(=O)[C@H](Cc1ccccc1)N(Cc1ccccc1)C(=O)CSCc1ccc(OC)cc1. The summed E-state index contributed by atoms with van der Waals surface area (Å²) in [6, 6.07) is 26.9. The number of amides is 2. The Kier molecular flexibility index (Phi) is 9.39. The molecule has 0 saturated carbocycles. The van der Waals surface area contributed by atoms with Crippen LogP contribution < -0.4 is 10.1 Å². The molecule has 1 atom stereocenters. The van der Waals surface area contributed by atoms with Crippen molar-refractivity contribution in [3.05, 3.63) is 102 Å². The molecule has 0 radical (unpaired) electrons. The highest BCUT2D eigenvalue weighted by molar-refractivity contribution is 7.99. The highest BCUT2D eigenvalue weighted by Gasteiger charge is 2.29. The molecule has 6 heteroatoms. The molecule has 0 fully saturated rings. The van der Waals surface area contributed by atoms with E-state index in [4.69, 9.17) is 4.74 Å². The molecule has 0 aliphatic carbocycles. The van der Waals surface area contributed by atoms with Crippen molar-refractivity contribution in [2.24, 2.45) is 0 Å². The minimum atomic E-state index is -0.591. The summed E-state index contributed by atoms with van der Waals surface area (Å²) < 4.78 is 5.20. The Morgan fingerprint density at radius 3 is 2.06 bits per heavy atom. The number of carbonyl (C=O) groups is 2. The third-order valence-electron chi connectivity index (χ3n) is 5.37. The summed E-state index contributed by atoms with van der Waals surface area (Å²) in [6.45, 7) is 0.383. The molecule has 5 nitrogen and oxygen atoms in total. The fourth-order valence-corrected chi connectivity index (χ4v) is 4.43. The van der Waals surface area contributed by atoms with Crippen LogP contribution in [-0.2, 0) is 28.3 Å². The molecule has 0 heterocycles. The average Bonchev–Trinajstić information content (AvgIpc) is 2.87. The zero-order valence-electron chi connectivity index (χ0n) is 19.1. The molecular formula is C27H30N2O3S. The highest BCUT2D eigenvalue weighted by atomic mass is 32.2. The molecule has 0 aromatic heterocycles. The number of carbonyl (C=O) groups excluding carboxylic acids is 2. The molecule has 0 aliphatic rings. The summed E-state index contributed by atoms with van der Waals surface area (Å²) in [7, 11) is 3.26. The molecule has 172 valence electrons. The van der Waals surface area contributed by atoms with E-state index in [9.17, 15) is 9.59 Å². The second-order valence-corrected chi connectivity index (χ2v) is 8.65. The van der Waals surface area contributed by atoms with Crippen LogP contribution in [0.4, 0.5) is 0 Å². The molecule has 3 aromatic rings. The van der Waals surface area contributed by atoms with Gasteiger partial charge in [-0.25, -0.2) is 0 Å². The summed E-state index contributed by atoms with van der Waals surface area (Å²) >= 11 is 1.55. The molecule has 3 aromatic carbocycles. The largest absolute Gasteiger partial charge is 0.497 e. The van der Waals surface area contributed by atoms with Gasteiger partial charge in [0.2, 0.25) is 11.8 Å². The minimum Gasteiger partial charge on any atom is -0.497 e. The maximum Gasteiger partial charge on any atom is 0.242 e. The third-order valence-corrected chi connectivity index (χ3v) is 6.36. The Morgan fingerprint density at radius 1 is 0.879 bits per heavy atom. The Morgan fingerprint density at radius 2 is 1.48 bits per heavy atom. The second kappa shape index (κ2) is 12.7. The van der Waals surface area contributed by atoms with Crippen molar-refractivity contribution in [3.63, 3.8) is 0 Å². The number of benzene rings is 3. The van der Waals surface area contributed by atoms with Crippen molar-refractivity contribution in [2.45, 2.75) is 24.8 Å². The first kappa shape index (κ1) is 24.4. The zero-order chi connectivity index (χ0) is 23.5. The van der Waals surface area contributed by atoms with E-state index < -0.39 is 6.04 Å². The molecule has 0 aliphatic heterocycles. The van der Waals surface area contributed by atoms with E-state index in [0.29, 0.717) is 24.5 Å². The van der Waals surface area contributed by atoms with Gasteiger partial charge < -0.3 is 15.0 Å². The van der Waals surface area contributed by atoms with E-state index in [2.05, 4.69) is 5.32 Å². The van der Waals surface area contributed by atoms with Gasteiger partial charge in [-0.1, -0.05) is 72.8 Å². The summed E-state index contributed by atoms with van der Waals surface area (Å²) in [5.74, 6) is 1.59. The number of nitrogens with one attached hydrogen (secondary N) is 1. The van der Waals surface area contributed by atoms with E-state index in [1.165, 1.54) is 0 Å². The van der Waals surface area contributed by atoms with Crippen molar-refractivity contribution in [2.75, 3.05) is 19.9 Å². The summed E-state index contributed by atoms with van der Waals surface area (Å²) in [5, 5.41) is 2.75. The van der Waals surface area contributed by atoms with E-state index in [-0.39, 0.29) is 11.8 Å². The van der Waals surface area contributed by atoms with Crippen LogP contribution in [0.1, 0.15) is 16.7 Å². The number of methoxy groups -OCH3 is 1. The summed E-state index contributed by atoms with van der Waals surface area (Å²) in [6.07, 6.45) is 0.461. The number of likely N-dealkylation sites (N-methyl/N-ethyl adjacent to an activating group) is 1. The summed E-state index contributed by atoms with van der Waals surface area (Å²) in [4.78, 5) is 28.0. The van der Waals surface area contributed by atoms with Gasteiger partial charge in [0.1, 0.15) is 11.8 Å². The van der Waals surface area contributed by atoms with Crippen LogP contribution in [0.25, 0.3) is 0 Å². The third kappa shape index (κ3) is 7.39. The van der Waals surface area contributed by atoms with Crippen LogP contribution in [0.2, 0.25) is 0 Å². The van der Waals surface area contributed by atoms with Gasteiger partial charge >= 0.3 is 0 Å². The van der Waals surface area contributed by atoms with Gasteiger partial charge in [0.25, 0.3) is 0 Å². The second-order valence-electron chi connectivity index (χ2n) is 7.67. The maximum absolute atomic E-state index is 13.4. The number of rotatable bonds is 11. The Hall–Kier alpha value is -3.25. The first-order chi connectivity index (χ1) is 16.1. The lowest BCUT2D eigenvalue weighted by atomic mass is 10.0. The number of nitrogens with zero attached hydrogens (tertiary/aromatic N) is 1. The molecule has 33 heavy (non-hydrogen) atoms. The van der Waals surface area contributed by atoms with Gasteiger partial charge in [0, 0.05) is 25.8 Å². The molecule has 0 bridgehead atoms. The number of ether oxygens (including phenoxy) is 1. The van der Waals surface area contributed by atoms with E-state index in [1.807, 2.05) is 84.9 Å². The Balaban J connectivity index is 1.75. The lowest BCUT2D eigenvalue weighted by molar-refractivity contribution is -0.139. The number of hydrogen-bond acceptors (Lipinski definition) is 4. The molecule has 1 N–H and O–H groups in total. The zero-order valence-corrected chi connectivity index (χ0v) is 19.9. The lowest BCUT2D eigenvalue weighted by Crippen LogP contribution is -2.50. The Bertz CT molecular complexity index is 1010. The van der Waals surface area contributed by atoms with Crippen LogP contribution >= 0.6 is 11.8 Å². The first-order valence-corrected chi connectivity index (χ1v) is 12.1. The maximum atomic E-state index is 13.4. The van der Waals surface area contributed by atoms with Gasteiger partial charge in [-0.15, -0.1) is 11.8 Å². The van der Waals surface area contributed by atoms with Crippen LogP contribution in [-0.4, -0.2) is 42.7 Å². The fraction of sp³-hybridized carbons (Fsp3) is 0.259. The van der Waals surface area contributed by atoms with Gasteiger partial charge in [0.15, 0.2) is 0 Å². The van der Waals surface area contributed by atoms with Crippen LogP contribution in [0.5, 0.6) is 5.75 Å². The van der Waals surface area contributed by atoms with Crippen LogP contribution in [0.3, 0.4) is 0 Å². The van der Waals surface area contributed by atoms with E-state index in [1.54, 1.807) is 30.8 Å². The molecule has 3 rings (SSSR count). The van der Waals surface area contributed by atoms with Gasteiger partial charge in [-0.05, 0) is 28.8 Å². The average molecular weight is 463 g/mol. The first-order valence-electron chi connectivity index (χ1n) is 10.9. The molecule has 0 saturated heterocycles. The van der Waals surface area contributed by atoms with Crippen LogP contribution in [0, 0.1) is 0 Å². The minimum absolute atomic E-state index is 0.0538. The summed E-state index contributed by atoms with van der Waals surface area (Å²) in [5.41, 5.74) is 3.13. The van der Waals surface area contributed by atoms with Crippen molar-refractivity contribution < 1.29 is 14.3 Å². The lowest BCUT2D eigenvalue weighted by Gasteiger charge is -2.31. The quantitative estimate of drug-likeness (QED) is 0.461. The van der Waals surface area contributed by atoms with E-state index in [0.717, 1.165) is 22.4 Å². The van der Waals surface area contributed by atoms with Crippen molar-refractivity contribution >= 4 is 23.6 Å². The number of hydrogen-bond donors (Lipinski definition) is 1. The highest BCUT2D eigenvalue weighted by Crippen LogP contribution is 2.20. The predicted molar refractivity (Wildman–Crippen MR) is 134 cm³/mol. The molecule has 0 unspecified atom stereocenters. The molecule has 2 amide bonds. The normalized spacial score (nSPS) is 11.5. The number of thioether (sulfide) groups is 1. The van der Waals surface area contributed by atoms with Crippen molar-refractivity contribution in [3.8, 4) is 5.75 Å². The van der Waals surface area contributed by atoms with Crippen molar-refractivity contribution in [1.29, 1.82) is 0 Å². The van der Waals surface area contributed by atoms with Gasteiger partial charge in [-0.3, -0.25) is 9.59 Å². The smallest absolute Gasteiger partial charge is 0.242 e. The topological polar surface area (TPSA) is 58.6 Å².